The number of benzene rings is 3. The van der Waals surface area contributed by atoms with Gasteiger partial charge in [-0.2, -0.15) is 0 Å². The Bertz CT molecular complexity index is 2190. The maximum atomic E-state index is 14.2. The standard InChI is InChI=1S/C41H44N4O8S/c1-27(46)45-26-32(53-38-24-35(28-13-8-7-9-14-28)42-36-22-30(51-2)18-19-34(36)38)23-37(45)39(47)43-41-25-29(41)15-10-5-3-4-6-11-20-52-31-16-12-17-33(21-31)54(49,50)44-40(41)48/h7-10,12-19,21-22,24,29,32,37H,3-6,11,20,23,25-26H2,1-2H3,(H,43,47)(H,44,48)/b15-10+/t29-,32-,37+,41-/m1/s1. The van der Waals surface area contributed by atoms with Gasteiger partial charge in [-0.3, -0.25) is 14.4 Å². The molecule has 1 saturated heterocycles. The van der Waals surface area contributed by atoms with Gasteiger partial charge in [-0.05, 0) is 49.9 Å². The summed E-state index contributed by atoms with van der Waals surface area (Å²) in [6, 6.07) is 22.1. The zero-order valence-electron chi connectivity index (χ0n) is 30.3. The lowest BCUT2D eigenvalue weighted by atomic mass is 10.1. The minimum Gasteiger partial charge on any atom is -0.497 e. The van der Waals surface area contributed by atoms with Crippen molar-refractivity contribution in [2.24, 2.45) is 5.92 Å². The third-order valence-electron chi connectivity index (χ3n) is 10.3. The Hall–Kier alpha value is -5.43. The van der Waals surface area contributed by atoms with Crippen molar-refractivity contribution in [3.05, 3.63) is 91.0 Å². The van der Waals surface area contributed by atoms with E-state index in [9.17, 15) is 22.8 Å². The van der Waals surface area contributed by atoms with Crippen LogP contribution in [0.3, 0.4) is 0 Å². The van der Waals surface area contributed by atoms with Crippen molar-refractivity contribution < 1.29 is 37.0 Å². The summed E-state index contributed by atoms with van der Waals surface area (Å²) in [5, 5.41) is 3.63. The fourth-order valence-electron chi connectivity index (χ4n) is 7.27. The summed E-state index contributed by atoms with van der Waals surface area (Å²) in [6.07, 6.45) is 8.18. The van der Waals surface area contributed by atoms with Gasteiger partial charge in [0.2, 0.25) is 11.8 Å². The number of rotatable bonds is 6. The van der Waals surface area contributed by atoms with E-state index >= 15 is 0 Å². The Morgan fingerprint density at radius 1 is 1.00 bits per heavy atom. The lowest BCUT2D eigenvalue weighted by molar-refractivity contribution is -0.138. The first-order valence-electron chi connectivity index (χ1n) is 18.3. The molecule has 3 amide bonds. The predicted octanol–water partition coefficient (Wildman–Crippen LogP) is 5.56. The van der Waals surface area contributed by atoms with Gasteiger partial charge in [0.25, 0.3) is 15.9 Å². The normalized spacial score (nSPS) is 24.6. The van der Waals surface area contributed by atoms with E-state index in [0.29, 0.717) is 35.1 Å². The second-order valence-electron chi connectivity index (χ2n) is 14.1. The molecule has 2 fully saturated rings. The number of nitrogens with zero attached hydrogens (tertiary/aromatic N) is 2. The Balaban J connectivity index is 1.14. The molecule has 1 aliphatic carbocycles. The molecule has 13 heteroatoms. The minimum absolute atomic E-state index is 0.122. The summed E-state index contributed by atoms with van der Waals surface area (Å²) in [6.45, 7) is 1.97. The Morgan fingerprint density at radius 2 is 1.81 bits per heavy atom. The van der Waals surface area contributed by atoms with E-state index in [1.54, 1.807) is 19.2 Å². The molecule has 2 N–H and O–H groups in total. The average Bonchev–Trinajstić information content (AvgIpc) is 3.69. The van der Waals surface area contributed by atoms with Gasteiger partial charge in [0.15, 0.2) is 0 Å². The number of carbonyl (C=O) groups is 3. The molecule has 0 radical (unpaired) electrons. The first-order valence-corrected chi connectivity index (χ1v) is 19.8. The molecule has 1 aromatic heterocycles. The van der Waals surface area contributed by atoms with Crippen LogP contribution in [-0.2, 0) is 24.4 Å². The SMILES string of the molecule is COc1ccc2c(O[C@@H]3C[C@@H](C(=O)N[C@]45C[C@H]4/C=C/CCCCCCOc4cccc(c4)S(=O)(=O)NC5=O)N(C(C)=O)C3)cc(-c3ccccc3)nc2c1. The lowest BCUT2D eigenvalue weighted by Crippen LogP contribution is -2.56. The molecule has 12 nitrogen and oxygen atoms in total. The van der Waals surface area contributed by atoms with Crippen molar-refractivity contribution in [2.75, 3.05) is 20.3 Å². The molecule has 54 heavy (non-hydrogen) atoms. The number of amides is 3. The van der Waals surface area contributed by atoms with Gasteiger partial charge in [-0.15, -0.1) is 0 Å². The summed E-state index contributed by atoms with van der Waals surface area (Å²) in [5.41, 5.74) is 0.711. The lowest BCUT2D eigenvalue weighted by Gasteiger charge is -2.25. The van der Waals surface area contributed by atoms with Gasteiger partial charge in [0.1, 0.15) is 34.9 Å². The summed E-state index contributed by atoms with van der Waals surface area (Å²) in [4.78, 5) is 47.3. The Kier molecular flexibility index (Phi) is 10.6. The van der Waals surface area contributed by atoms with Crippen LogP contribution in [0.15, 0.2) is 95.9 Å². The fraction of sp³-hybridized carbons (Fsp3) is 0.366. The number of methoxy groups -OCH3 is 1. The van der Waals surface area contributed by atoms with E-state index in [1.165, 1.54) is 24.0 Å². The van der Waals surface area contributed by atoms with Crippen molar-refractivity contribution in [3.63, 3.8) is 0 Å². The highest BCUT2D eigenvalue weighted by Crippen LogP contribution is 2.46. The van der Waals surface area contributed by atoms with Crippen LogP contribution in [0.5, 0.6) is 17.2 Å². The van der Waals surface area contributed by atoms with Gasteiger partial charge in [-0.25, -0.2) is 18.1 Å². The summed E-state index contributed by atoms with van der Waals surface area (Å²) in [5.74, 6) is -0.598. The van der Waals surface area contributed by atoms with Gasteiger partial charge in [-0.1, -0.05) is 61.4 Å². The van der Waals surface area contributed by atoms with Crippen LogP contribution in [0.2, 0.25) is 0 Å². The largest absolute Gasteiger partial charge is 0.497 e. The molecule has 4 atom stereocenters. The van der Waals surface area contributed by atoms with Crippen LogP contribution < -0.4 is 24.2 Å². The Morgan fingerprint density at radius 3 is 2.61 bits per heavy atom. The molecule has 2 aliphatic heterocycles. The number of hydrogen-bond acceptors (Lipinski definition) is 9. The van der Waals surface area contributed by atoms with E-state index in [1.807, 2.05) is 66.7 Å². The fourth-order valence-corrected chi connectivity index (χ4v) is 8.35. The van der Waals surface area contributed by atoms with Crippen molar-refractivity contribution in [1.82, 2.24) is 19.9 Å². The average molecular weight is 753 g/mol. The first-order chi connectivity index (χ1) is 26.1. The predicted molar refractivity (Wildman–Crippen MR) is 202 cm³/mol. The van der Waals surface area contributed by atoms with Crippen molar-refractivity contribution in [1.29, 1.82) is 0 Å². The first kappa shape index (κ1) is 36.9. The van der Waals surface area contributed by atoms with E-state index in [-0.39, 0.29) is 30.2 Å². The highest BCUT2D eigenvalue weighted by molar-refractivity contribution is 7.90. The smallest absolute Gasteiger partial charge is 0.264 e. The van der Waals surface area contributed by atoms with E-state index in [0.717, 1.165) is 43.1 Å². The highest BCUT2D eigenvalue weighted by atomic mass is 32.2. The molecular weight excluding hydrogens is 709 g/mol. The zero-order chi connectivity index (χ0) is 37.9. The number of sulfonamides is 1. The second-order valence-corrected chi connectivity index (χ2v) is 15.8. The number of aromatic nitrogens is 1. The molecule has 2 bridgehead atoms. The maximum absolute atomic E-state index is 14.2. The molecule has 3 heterocycles. The van der Waals surface area contributed by atoms with Crippen LogP contribution in [0.1, 0.15) is 51.9 Å². The summed E-state index contributed by atoms with van der Waals surface area (Å²) in [7, 11) is -2.72. The number of nitrogens with one attached hydrogen (secondary N) is 2. The maximum Gasteiger partial charge on any atom is 0.264 e. The molecule has 282 valence electrons. The van der Waals surface area contributed by atoms with Gasteiger partial charge in [0.05, 0.1) is 36.4 Å². The van der Waals surface area contributed by atoms with Crippen LogP contribution >= 0.6 is 0 Å². The monoisotopic (exact) mass is 752 g/mol. The zero-order valence-corrected chi connectivity index (χ0v) is 31.1. The van der Waals surface area contributed by atoms with E-state index in [4.69, 9.17) is 19.2 Å². The summed E-state index contributed by atoms with van der Waals surface area (Å²) < 4.78 is 47.0. The number of likely N-dealkylation sites (tertiary alicyclic amines) is 1. The van der Waals surface area contributed by atoms with Gasteiger partial charge < -0.3 is 24.4 Å². The molecule has 3 aromatic carbocycles. The molecule has 4 aromatic rings. The van der Waals surface area contributed by atoms with Crippen molar-refractivity contribution in [3.8, 4) is 28.5 Å². The molecule has 1 saturated carbocycles. The number of hydrogen-bond donors (Lipinski definition) is 2. The quantitative estimate of drug-likeness (QED) is 0.241. The molecule has 7 rings (SSSR count). The summed E-state index contributed by atoms with van der Waals surface area (Å²) >= 11 is 0. The van der Waals surface area contributed by atoms with Gasteiger partial charge >= 0.3 is 0 Å². The number of allylic oxidation sites excluding steroid dienone is 1. The third kappa shape index (κ3) is 7.91. The molecule has 3 aliphatic rings. The molecule has 0 spiro atoms. The van der Waals surface area contributed by atoms with Crippen LogP contribution in [0, 0.1) is 5.92 Å². The van der Waals surface area contributed by atoms with Crippen molar-refractivity contribution >= 4 is 38.6 Å². The number of pyridine rings is 1. The molecule has 0 unspecified atom stereocenters. The molecular formula is C41H44N4O8S. The number of ether oxygens (including phenoxy) is 3. The van der Waals surface area contributed by atoms with Gasteiger partial charge in [0, 0.05) is 48.4 Å². The van der Waals surface area contributed by atoms with Crippen LogP contribution in [-0.4, -0.2) is 74.0 Å². The van der Waals surface area contributed by atoms with Crippen LogP contribution in [0.25, 0.3) is 22.2 Å². The number of carbonyl (C=O) groups excluding carboxylic acids is 3. The second kappa shape index (κ2) is 15.5. The number of fused-ring (bicyclic) bond motifs is 4. The third-order valence-corrected chi connectivity index (χ3v) is 11.7. The van der Waals surface area contributed by atoms with E-state index in [2.05, 4.69) is 10.0 Å². The van der Waals surface area contributed by atoms with Crippen molar-refractivity contribution in [2.45, 2.75) is 74.4 Å². The minimum atomic E-state index is -4.31. The highest BCUT2D eigenvalue weighted by Gasteiger charge is 2.61. The van der Waals surface area contributed by atoms with Crippen LogP contribution in [0.4, 0.5) is 0 Å². The van der Waals surface area contributed by atoms with E-state index < -0.39 is 45.4 Å². The topological polar surface area (TPSA) is 153 Å². The Labute approximate surface area is 314 Å².